The molecule has 5 heteroatoms. The van der Waals surface area contributed by atoms with Crippen molar-refractivity contribution in [1.82, 2.24) is 15.1 Å². The lowest BCUT2D eigenvalue weighted by molar-refractivity contribution is 0.242. The van der Waals surface area contributed by atoms with Crippen LogP contribution in [-0.4, -0.2) is 21.1 Å². The van der Waals surface area contributed by atoms with Crippen molar-refractivity contribution in [2.45, 2.75) is 32.0 Å². The van der Waals surface area contributed by atoms with Crippen LogP contribution in [0.3, 0.4) is 0 Å². The van der Waals surface area contributed by atoms with E-state index in [0.717, 1.165) is 18.8 Å². The molecule has 18 heavy (non-hydrogen) atoms. The molecule has 1 aliphatic rings. The second-order valence-corrected chi connectivity index (χ2v) is 5.78. The van der Waals surface area contributed by atoms with E-state index in [9.17, 15) is 0 Å². The maximum Gasteiger partial charge on any atom is 0.151 e. The molecular formula is C13H14ClN3S. The van der Waals surface area contributed by atoms with Gasteiger partial charge < -0.3 is 0 Å². The molecule has 3 rings (SSSR count). The summed E-state index contributed by atoms with van der Waals surface area (Å²) in [4.78, 5) is 2.47. The van der Waals surface area contributed by atoms with Gasteiger partial charge in [-0.25, -0.2) is 0 Å². The minimum Gasteiger partial charge on any atom is -0.290 e. The Hall–Kier alpha value is -0.970. The fraction of sp³-hybridized carbons (Fsp3) is 0.385. The van der Waals surface area contributed by atoms with Crippen LogP contribution in [0.25, 0.3) is 0 Å². The molecule has 0 aliphatic heterocycles. The number of hydrogen-bond donors (Lipinski definition) is 0. The van der Waals surface area contributed by atoms with E-state index in [1.165, 1.54) is 18.4 Å². The van der Waals surface area contributed by atoms with Crippen LogP contribution in [0.5, 0.6) is 0 Å². The Labute approximate surface area is 115 Å². The monoisotopic (exact) mass is 279 g/mol. The summed E-state index contributed by atoms with van der Waals surface area (Å²) in [5.74, 6) is 0. The lowest BCUT2D eigenvalue weighted by Gasteiger charge is -2.20. The van der Waals surface area contributed by atoms with E-state index in [4.69, 9.17) is 11.6 Å². The first-order chi connectivity index (χ1) is 8.81. The van der Waals surface area contributed by atoms with E-state index in [2.05, 4.69) is 31.9 Å². The molecule has 0 atom stereocenters. The van der Waals surface area contributed by atoms with Crippen LogP contribution in [0.2, 0.25) is 5.15 Å². The van der Waals surface area contributed by atoms with Crippen LogP contribution >= 0.6 is 22.9 Å². The van der Waals surface area contributed by atoms with Gasteiger partial charge in [0.1, 0.15) is 0 Å². The van der Waals surface area contributed by atoms with Gasteiger partial charge in [0.15, 0.2) is 5.15 Å². The Morgan fingerprint density at radius 3 is 2.72 bits per heavy atom. The second kappa shape index (κ2) is 5.34. The Bertz CT molecular complexity index is 493. The molecule has 2 aromatic heterocycles. The molecule has 1 aliphatic carbocycles. The standard InChI is InChI=1S/C13H14ClN3S/c14-13-4-1-11(15-16-13)8-17(12-2-3-12)7-10-5-6-18-9-10/h1,4-6,9,12H,2-3,7-8H2. The van der Waals surface area contributed by atoms with E-state index in [1.807, 2.05) is 6.07 Å². The summed E-state index contributed by atoms with van der Waals surface area (Å²) >= 11 is 7.50. The third-order valence-corrected chi connectivity index (χ3v) is 4.01. The molecule has 0 N–H and O–H groups in total. The number of rotatable bonds is 5. The topological polar surface area (TPSA) is 29.0 Å². The molecule has 0 radical (unpaired) electrons. The molecule has 0 amide bonds. The Kier molecular flexibility index (Phi) is 3.59. The van der Waals surface area contributed by atoms with E-state index in [-0.39, 0.29) is 0 Å². The van der Waals surface area contributed by atoms with Crippen molar-refractivity contribution in [3.8, 4) is 0 Å². The Morgan fingerprint density at radius 1 is 1.22 bits per heavy atom. The first-order valence-corrected chi connectivity index (χ1v) is 7.36. The third kappa shape index (κ3) is 3.07. The van der Waals surface area contributed by atoms with Gasteiger partial charge in [-0.15, -0.1) is 5.10 Å². The molecule has 1 saturated carbocycles. The summed E-state index contributed by atoms with van der Waals surface area (Å²) < 4.78 is 0. The van der Waals surface area contributed by atoms with Crippen molar-refractivity contribution in [2.75, 3.05) is 0 Å². The summed E-state index contributed by atoms with van der Waals surface area (Å²) in [6.45, 7) is 1.85. The van der Waals surface area contributed by atoms with Crippen LogP contribution in [0, 0.1) is 0 Å². The first kappa shape index (κ1) is 12.1. The van der Waals surface area contributed by atoms with E-state index >= 15 is 0 Å². The normalized spacial score (nSPS) is 15.2. The molecule has 3 nitrogen and oxygen atoms in total. The summed E-state index contributed by atoms with van der Waals surface area (Å²) in [6, 6.07) is 6.66. The molecular weight excluding hydrogens is 266 g/mol. The molecule has 2 heterocycles. The molecule has 0 spiro atoms. The fourth-order valence-electron chi connectivity index (χ4n) is 2.01. The van der Waals surface area contributed by atoms with Crippen molar-refractivity contribution in [3.05, 3.63) is 45.4 Å². The van der Waals surface area contributed by atoms with Crippen LogP contribution in [0.15, 0.2) is 29.0 Å². The van der Waals surface area contributed by atoms with Crippen molar-refractivity contribution in [1.29, 1.82) is 0 Å². The third-order valence-electron chi connectivity index (χ3n) is 3.08. The molecule has 0 bridgehead atoms. The SMILES string of the molecule is Clc1ccc(CN(Cc2ccsc2)C2CC2)nn1. The molecule has 0 saturated heterocycles. The summed E-state index contributed by atoms with van der Waals surface area (Å²) in [5, 5.41) is 12.8. The van der Waals surface area contributed by atoms with Gasteiger partial charge in [0, 0.05) is 19.1 Å². The highest BCUT2D eigenvalue weighted by Gasteiger charge is 2.29. The molecule has 1 fully saturated rings. The quantitative estimate of drug-likeness (QED) is 0.840. The van der Waals surface area contributed by atoms with Gasteiger partial charge >= 0.3 is 0 Å². The van der Waals surface area contributed by atoms with Crippen LogP contribution in [0.4, 0.5) is 0 Å². The minimum atomic E-state index is 0.453. The van der Waals surface area contributed by atoms with Gasteiger partial charge in [-0.05, 0) is 47.4 Å². The zero-order valence-corrected chi connectivity index (χ0v) is 11.5. The molecule has 0 unspecified atom stereocenters. The number of nitrogens with zero attached hydrogens (tertiary/aromatic N) is 3. The lowest BCUT2D eigenvalue weighted by Crippen LogP contribution is -2.25. The van der Waals surface area contributed by atoms with Gasteiger partial charge in [0.05, 0.1) is 5.69 Å². The van der Waals surface area contributed by atoms with Crippen molar-refractivity contribution >= 4 is 22.9 Å². The highest BCUT2D eigenvalue weighted by Crippen LogP contribution is 2.29. The van der Waals surface area contributed by atoms with Crippen molar-refractivity contribution < 1.29 is 0 Å². The van der Waals surface area contributed by atoms with Gasteiger partial charge in [-0.3, -0.25) is 4.90 Å². The van der Waals surface area contributed by atoms with Crippen LogP contribution in [-0.2, 0) is 13.1 Å². The van der Waals surface area contributed by atoms with Gasteiger partial charge in [0.25, 0.3) is 0 Å². The average molecular weight is 280 g/mol. The van der Waals surface area contributed by atoms with Gasteiger partial charge in [-0.2, -0.15) is 16.4 Å². The van der Waals surface area contributed by atoms with Crippen LogP contribution in [0.1, 0.15) is 24.1 Å². The summed E-state index contributed by atoms with van der Waals surface area (Å²) in [5.41, 5.74) is 2.37. The largest absolute Gasteiger partial charge is 0.290 e. The second-order valence-electron chi connectivity index (χ2n) is 4.62. The number of aromatic nitrogens is 2. The van der Waals surface area contributed by atoms with Crippen LogP contribution < -0.4 is 0 Å². The van der Waals surface area contributed by atoms with E-state index in [0.29, 0.717) is 11.2 Å². The summed E-state index contributed by atoms with van der Waals surface area (Å²) in [6.07, 6.45) is 2.59. The summed E-state index contributed by atoms with van der Waals surface area (Å²) in [7, 11) is 0. The minimum absolute atomic E-state index is 0.453. The molecule has 94 valence electrons. The Morgan fingerprint density at radius 2 is 2.11 bits per heavy atom. The molecule has 0 aromatic carbocycles. The average Bonchev–Trinajstić information content (AvgIpc) is 3.10. The number of hydrogen-bond acceptors (Lipinski definition) is 4. The first-order valence-electron chi connectivity index (χ1n) is 6.04. The predicted molar refractivity (Wildman–Crippen MR) is 73.6 cm³/mol. The highest BCUT2D eigenvalue weighted by atomic mass is 35.5. The maximum absolute atomic E-state index is 5.75. The van der Waals surface area contributed by atoms with Gasteiger partial charge in [0.2, 0.25) is 0 Å². The van der Waals surface area contributed by atoms with Gasteiger partial charge in [-0.1, -0.05) is 11.6 Å². The van der Waals surface area contributed by atoms with E-state index in [1.54, 1.807) is 17.4 Å². The fourth-order valence-corrected chi connectivity index (χ4v) is 2.77. The zero-order valence-electron chi connectivity index (χ0n) is 9.92. The lowest BCUT2D eigenvalue weighted by atomic mass is 10.2. The maximum atomic E-state index is 5.75. The smallest absolute Gasteiger partial charge is 0.151 e. The predicted octanol–water partition coefficient (Wildman–Crippen LogP) is 3.36. The van der Waals surface area contributed by atoms with Crippen molar-refractivity contribution in [3.63, 3.8) is 0 Å². The zero-order chi connectivity index (χ0) is 12.4. The van der Waals surface area contributed by atoms with E-state index < -0.39 is 0 Å². The Balaban J connectivity index is 1.68. The van der Waals surface area contributed by atoms with Crippen molar-refractivity contribution in [2.24, 2.45) is 0 Å². The highest BCUT2D eigenvalue weighted by molar-refractivity contribution is 7.07. The number of halogens is 1. The molecule has 2 aromatic rings. The number of thiophene rings is 1.